The Morgan fingerprint density at radius 2 is 1.83 bits per heavy atom. The molecule has 1 atom stereocenters. The predicted octanol–water partition coefficient (Wildman–Crippen LogP) is 5.02. The van der Waals surface area contributed by atoms with Crippen molar-refractivity contribution in [3.63, 3.8) is 0 Å². The van der Waals surface area contributed by atoms with Gasteiger partial charge in [0, 0.05) is 29.6 Å². The zero-order valence-electron chi connectivity index (χ0n) is 18.3. The van der Waals surface area contributed by atoms with E-state index in [0.717, 1.165) is 12.3 Å². The number of fused-ring (bicyclic) bond motifs is 1. The van der Waals surface area contributed by atoms with Gasteiger partial charge in [-0.3, -0.25) is 9.78 Å². The highest BCUT2D eigenvalue weighted by Gasteiger charge is 2.31. The van der Waals surface area contributed by atoms with Crippen LogP contribution < -0.4 is 10.0 Å². The average Bonchev–Trinajstić information content (AvgIpc) is 3.29. The summed E-state index contributed by atoms with van der Waals surface area (Å²) in [5.74, 6) is -0.416. The molecule has 35 heavy (non-hydrogen) atoms. The summed E-state index contributed by atoms with van der Waals surface area (Å²) in [6, 6.07) is 16.6. The Labute approximate surface area is 199 Å². The van der Waals surface area contributed by atoms with E-state index in [2.05, 4.69) is 15.0 Å². The predicted molar refractivity (Wildman–Crippen MR) is 122 cm³/mol. The number of hydrogen-bond acceptors (Lipinski definition) is 5. The summed E-state index contributed by atoms with van der Waals surface area (Å²) in [5, 5.41) is 2.88. The number of furan rings is 1. The summed E-state index contributed by atoms with van der Waals surface area (Å²) in [7, 11) is -4.19. The number of carbonyl (C=O) groups is 1. The van der Waals surface area contributed by atoms with Crippen LogP contribution >= 0.6 is 0 Å². The maximum atomic E-state index is 13.1. The minimum atomic E-state index is -4.52. The van der Waals surface area contributed by atoms with Crippen LogP contribution in [0, 0.1) is 0 Å². The number of pyridine rings is 1. The minimum absolute atomic E-state index is 0.100. The average molecular weight is 504 g/mol. The fourth-order valence-electron chi connectivity index (χ4n) is 3.36. The molecule has 0 radical (unpaired) electrons. The second-order valence-electron chi connectivity index (χ2n) is 7.63. The van der Waals surface area contributed by atoms with Crippen LogP contribution in [0.2, 0.25) is 0 Å². The Kier molecular flexibility index (Phi) is 6.64. The Morgan fingerprint density at radius 3 is 2.49 bits per heavy atom. The van der Waals surface area contributed by atoms with Crippen molar-refractivity contribution in [1.82, 2.24) is 15.0 Å². The Hall–Kier alpha value is -3.70. The van der Waals surface area contributed by atoms with Crippen LogP contribution in [0.3, 0.4) is 0 Å². The van der Waals surface area contributed by atoms with Gasteiger partial charge in [0.05, 0.1) is 11.3 Å². The highest BCUT2D eigenvalue weighted by atomic mass is 32.2. The number of amides is 1. The number of benzene rings is 2. The second-order valence-corrected chi connectivity index (χ2v) is 9.28. The molecule has 11 heteroatoms. The summed E-state index contributed by atoms with van der Waals surface area (Å²) in [6.07, 6.45) is -4.86. The lowest BCUT2D eigenvalue weighted by Crippen LogP contribution is -2.40. The molecule has 4 aromatic rings. The molecule has 2 heterocycles. The normalized spacial score (nSPS) is 13.0. The molecule has 0 bridgehead atoms. The number of nitrogens with zero attached hydrogens (tertiary/aromatic N) is 1. The van der Waals surface area contributed by atoms with Gasteiger partial charge in [0.1, 0.15) is 11.7 Å². The first-order valence-corrected chi connectivity index (χ1v) is 12.0. The third-order valence-electron chi connectivity index (χ3n) is 5.17. The first-order valence-electron chi connectivity index (χ1n) is 10.5. The van der Waals surface area contributed by atoms with Crippen molar-refractivity contribution in [3.05, 3.63) is 84.1 Å². The molecule has 0 saturated heterocycles. The van der Waals surface area contributed by atoms with Crippen molar-refractivity contribution in [3.8, 4) is 11.3 Å². The Morgan fingerprint density at radius 1 is 1.06 bits per heavy atom. The lowest BCUT2D eigenvalue weighted by Gasteiger charge is -2.20. The number of aromatic nitrogens is 1. The quantitative estimate of drug-likeness (QED) is 0.345. The number of para-hydroxylation sites is 1. The summed E-state index contributed by atoms with van der Waals surface area (Å²) in [5.41, 5.74) is 0.544. The van der Waals surface area contributed by atoms with Gasteiger partial charge in [0.25, 0.3) is 10.0 Å². The molecule has 182 valence electrons. The van der Waals surface area contributed by atoms with E-state index in [1.807, 2.05) is 0 Å². The highest BCUT2D eigenvalue weighted by Crippen LogP contribution is 2.30. The molecule has 0 aliphatic heterocycles. The number of halogens is 3. The van der Waals surface area contributed by atoms with E-state index >= 15 is 0 Å². The van der Waals surface area contributed by atoms with Crippen LogP contribution in [0.5, 0.6) is 0 Å². The van der Waals surface area contributed by atoms with Gasteiger partial charge < -0.3 is 9.73 Å². The third-order valence-corrected chi connectivity index (χ3v) is 6.45. The van der Waals surface area contributed by atoms with E-state index in [9.17, 15) is 26.4 Å². The molecule has 2 aromatic carbocycles. The van der Waals surface area contributed by atoms with E-state index in [1.165, 1.54) is 18.2 Å². The fraction of sp³-hybridized carbons (Fsp3) is 0.167. The van der Waals surface area contributed by atoms with E-state index in [1.54, 1.807) is 49.4 Å². The maximum Gasteiger partial charge on any atom is 0.417 e. The molecule has 2 N–H and O–H groups in total. The molecule has 0 saturated carbocycles. The van der Waals surface area contributed by atoms with Gasteiger partial charge in [-0.15, -0.1) is 0 Å². The smallest absolute Gasteiger partial charge is 0.417 e. The van der Waals surface area contributed by atoms with Crippen molar-refractivity contribution >= 4 is 26.9 Å². The Balaban J connectivity index is 1.67. The van der Waals surface area contributed by atoms with Crippen LogP contribution in [-0.2, 0) is 21.0 Å². The number of sulfonamides is 1. The largest absolute Gasteiger partial charge is 0.443 e. The minimum Gasteiger partial charge on any atom is -0.443 e. The van der Waals surface area contributed by atoms with E-state index in [4.69, 9.17) is 4.42 Å². The first kappa shape index (κ1) is 24.4. The van der Waals surface area contributed by atoms with Crippen molar-refractivity contribution in [2.75, 3.05) is 0 Å². The molecule has 7 nitrogen and oxygen atoms in total. The maximum absolute atomic E-state index is 13.1. The van der Waals surface area contributed by atoms with Crippen molar-refractivity contribution in [1.29, 1.82) is 0 Å². The fourth-order valence-corrected chi connectivity index (χ4v) is 4.46. The van der Waals surface area contributed by atoms with Crippen LogP contribution in [0.15, 0.2) is 82.4 Å². The molecule has 0 spiro atoms. The molecular weight excluding hydrogens is 483 g/mol. The molecule has 0 aliphatic carbocycles. The molecule has 0 fully saturated rings. The number of alkyl halides is 3. The van der Waals surface area contributed by atoms with Gasteiger partial charge in [-0.25, -0.2) is 8.42 Å². The van der Waals surface area contributed by atoms with Crippen molar-refractivity contribution < 1.29 is 30.8 Å². The monoisotopic (exact) mass is 503 g/mol. The number of hydrogen-bond donors (Lipinski definition) is 2. The zero-order chi connectivity index (χ0) is 25.2. The summed E-state index contributed by atoms with van der Waals surface area (Å²) < 4.78 is 72.6. The van der Waals surface area contributed by atoms with Gasteiger partial charge >= 0.3 is 6.18 Å². The van der Waals surface area contributed by atoms with Crippen molar-refractivity contribution in [2.45, 2.75) is 30.8 Å². The van der Waals surface area contributed by atoms with Crippen LogP contribution in [0.4, 0.5) is 13.2 Å². The van der Waals surface area contributed by atoms with Gasteiger partial charge in [0.15, 0.2) is 0 Å². The number of carbonyl (C=O) groups excluding carboxylic acids is 1. The molecule has 1 amide bonds. The lowest BCUT2D eigenvalue weighted by molar-refractivity contribution is -0.137. The lowest BCUT2D eigenvalue weighted by atomic mass is 10.1. The second kappa shape index (κ2) is 9.51. The van der Waals surface area contributed by atoms with Crippen LogP contribution in [0.1, 0.15) is 30.6 Å². The highest BCUT2D eigenvalue weighted by molar-refractivity contribution is 7.89. The third kappa shape index (κ3) is 5.52. The van der Waals surface area contributed by atoms with Gasteiger partial charge in [-0.2, -0.15) is 17.9 Å². The van der Waals surface area contributed by atoms with Crippen LogP contribution in [-0.4, -0.2) is 19.3 Å². The first-order chi connectivity index (χ1) is 16.6. The zero-order valence-corrected chi connectivity index (χ0v) is 19.2. The summed E-state index contributed by atoms with van der Waals surface area (Å²) in [6.45, 7) is 1.61. The molecule has 0 unspecified atom stereocenters. The van der Waals surface area contributed by atoms with Crippen LogP contribution in [0.25, 0.3) is 22.2 Å². The van der Waals surface area contributed by atoms with E-state index < -0.39 is 33.8 Å². The number of rotatable bonds is 7. The van der Waals surface area contributed by atoms with E-state index in [-0.39, 0.29) is 17.2 Å². The molecule has 2 aromatic heterocycles. The topological polar surface area (TPSA) is 101 Å². The van der Waals surface area contributed by atoms with E-state index in [0.29, 0.717) is 22.1 Å². The summed E-state index contributed by atoms with van der Waals surface area (Å²) in [4.78, 5) is 16.0. The van der Waals surface area contributed by atoms with Gasteiger partial charge in [-0.1, -0.05) is 43.3 Å². The molecule has 4 rings (SSSR count). The Bertz CT molecular complexity index is 1430. The van der Waals surface area contributed by atoms with Gasteiger partial charge in [0.2, 0.25) is 11.0 Å². The van der Waals surface area contributed by atoms with Gasteiger partial charge in [-0.05, 0) is 29.8 Å². The summed E-state index contributed by atoms with van der Waals surface area (Å²) >= 11 is 0. The van der Waals surface area contributed by atoms with Crippen molar-refractivity contribution in [2.24, 2.45) is 0 Å². The molecule has 0 aliphatic rings. The number of nitrogens with one attached hydrogen (secondary N) is 2. The molecular formula is C24H20F3N3O4S. The SMILES string of the molecule is CCC(=O)N[C@@H](NS(=O)(=O)c1cc2ccccc2o1)c1cccc(-c2ccc(C(F)(F)F)cn2)c1. The standard InChI is InChI=1S/C24H20F3N3O4S/c1-2-21(31)29-23(30-35(32,33)22-13-16-6-3-4-9-20(16)34-22)17-8-5-7-15(12-17)19-11-10-18(14-28-19)24(25,26)27/h3-14,23,30H,2H2,1H3,(H,29,31)/t23-/m0/s1.